The molecule has 2 aromatic rings. The molecule has 1 aliphatic rings. The second-order valence-corrected chi connectivity index (χ2v) is 4.58. The minimum Gasteiger partial charge on any atom is -0.320 e. The Morgan fingerprint density at radius 1 is 1.25 bits per heavy atom. The Balaban J connectivity index is 2.18. The van der Waals surface area contributed by atoms with Gasteiger partial charge in [-0.15, -0.1) is 0 Å². The Hall–Kier alpha value is -2.76. The molecule has 0 fully saturated rings. The number of nitrogens with zero attached hydrogens (tertiary/aromatic N) is 2. The van der Waals surface area contributed by atoms with E-state index in [0.29, 0.717) is 18.5 Å². The summed E-state index contributed by atoms with van der Waals surface area (Å²) in [5.74, 6) is -0.185. The van der Waals surface area contributed by atoms with Gasteiger partial charge in [0.25, 0.3) is 5.69 Å². The van der Waals surface area contributed by atoms with Crippen LogP contribution in [0.5, 0.6) is 0 Å². The Labute approximate surface area is 114 Å². The molecule has 1 N–H and O–H groups in total. The van der Waals surface area contributed by atoms with Crippen molar-refractivity contribution in [2.75, 3.05) is 5.32 Å². The SMILES string of the molecule is O=C1CCc2cc(-c3cccnc3)cc([N+](=O)[O-])c2N1. The van der Waals surface area contributed by atoms with Gasteiger partial charge in [0, 0.05) is 30.4 Å². The van der Waals surface area contributed by atoms with Gasteiger partial charge in [0.15, 0.2) is 0 Å². The van der Waals surface area contributed by atoms with Crippen LogP contribution in [-0.4, -0.2) is 15.8 Å². The van der Waals surface area contributed by atoms with Gasteiger partial charge in [-0.1, -0.05) is 6.07 Å². The zero-order valence-electron chi connectivity index (χ0n) is 10.5. The molecule has 1 aromatic heterocycles. The molecule has 0 radical (unpaired) electrons. The molecule has 20 heavy (non-hydrogen) atoms. The van der Waals surface area contributed by atoms with Crippen molar-refractivity contribution in [3.05, 3.63) is 52.3 Å². The molecule has 3 rings (SSSR count). The molecule has 6 nitrogen and oxygen atoms in total. The molecular formula is C14H11N3O3. The van der Waals surface area contributed by atoms with Crippen LogP contribution in [0.2, 0.25) is 0 Å². The molecule has 0 aliphatic carbocycles. The number of anilines is 1. The number of fused-ring (bicyclic) bond motifs is 1. The molecule has 0 unspecified atom stereocenters. The lowest BCUT2D eigenvalue weighted by molar-refractivity contribution is -0.383. The minimum atomic E-state index is -0.468. The lowest BCUT2D eigenvalue weighted by Crippen LogP contribution is -2.20. The van der Waals surface area contributed by atoms with Crippen LogP contribution >= 0.6 is 0 Å². The molecular weight excluding hydrogens is 258 g/mol. The van der Waals surface area contributed by atoms with Gasteiger partial charge in [-0.25, -0.2) is 0 Å². The van der Waals surface area contributed by atoms with E-state index in [0.717, 1.165) is 16.7 Å². The van der Waals surface area contributed by atoms with Gasteiger partial charge in [0.1, 0.15) is 5.69 Å². The number of carbonyl (C=O) groups excluding carboxylic acids is 1. The predicted octanol–water partition coefficient (Wildman–Crippen LogP) is 2.54. The summed E-state index contributed by atoms with van der Waals surface area (Å²) in [6.45, 7) is 0. The van der Waals surface area contributed by atoms with Crippen molar-refractivity contribution in [3.8, 4) is 11.1 Å². The van der Waals surface area contributed by atoms with Gasteiger partial charge in [-0.2, -0.15) is 0 Å². The molecule has 1 aliphatic heterocycles. The van der Waals surface area contributed by atoms with E-state index in [1.54, 1.807) is 18.5 Å². The lowest BCUT2D eigenvalue weighted by atomic mass is 9.96. The largest absolute Gasteiger partial charge is 0.320 e. The Bertz CT molecular complexity index is 698. The molecule has 100 valence electrons. The topological polar surface area (TPSA) is 85.1 Å². The maximum Gasteiger partial charge on any atom is 0.293 e. The summed E-state index contributed by atoms with van der Waals surface area (Å²) >= 11 is 0. The first-order valence-electron chi connectivity index (χ1n) is 6.17. The van der Waals surface area contributed by atoms with Crippen molar-refractivity contribution in [3.63, 3.8) is 0 Å². The van der Waals surface area contributed by atoms with Gasteiger partial charge in [0.05, 0.1) is 4.92 Å². The quantitative estimate of drug-likeness (QED) is 0.670. The van der Waals surface area contributed by atoms with Crippen molar-refractivity contribution in [1.29, 1.82) is 0 Å². The van der Waals surface area contributed by atoms with Crippen LogP contribution in [0, 0.1) is 10.1 Å². The molecule has 2 heterocycles. The van der Waals surface area contributed by atoms with Crippen molar-refractivity contribution >= 4 is 17.3 Å². The lowest BCUT2D eigenvalue weighted by Gasteiger charge is -2.17. The van der Waals surface area contributed by atoms with Gasteiger partial charge in [0.2, 0.25) is 5.91 Å². The summed E-state index contributed by atoms with van der Waals surface area (Å²) in [4.78, 5) is 26.2. The van der Waals surface area contributed by atoms with Crippen molar-refractivity contribution in [2.45, 2.75) is 12.8 Å². The zero-order valence-corrected chi connectivity index (χ0v) is 10.5. The normalized spacial score (nSPS) is 13.5. The fraction of sp³-hybridized carbons (Fsp3) is 0.143. The highest BCUT2D eigenvalue weighted by atomic mass is 16.6. The highest BCUT2D eigenvalue weighted by Crippen LogP contribution is 2.36. The molecule has 0 saturated heterocycles. The fourth-order valence-corrected chi connectivity index (χ4v) is 2.32. The van der Waals surface area contributed by atoms with Crippen molar-refractivity contribution in [1.82, 2.24) is 4.98 Å². The molecule has 0 spiro atoms. The second kappa shape index (κ2) is 4.73. The number of pyridine rings is 1. The van der Waals surface area contributed by atoms with E-state index in [1.165, 1.54) is 6.07 Å². The fourth-order valence-electron chi connectivity index (χ4n) is 2.32. The molecule has 1 aromatic carbocycles. The maximum atomic E-state index is 11.4. The Kier molecular flexibility index (Phi) is 2.90. The van der Waals surface area contributed by atoms with Gasteiger partial charge >= 0.3 is 0 Å². The van der Waals surface area contributed by atoms with E-state index in [9.17, 15) is 14.9 Å². The standard InChI is InChI=1S/C14H11N3O3/c18-13-4-3-9-6-11(10-2-1-5-15-8-10)7-12(17(19)20)14(9)16-13/h1-2,5-8H,3-4H2,(H,16,18). The number of aryl methyl sites for hydroxylation is 1. The van der Waals surface area contributed by atoms with Crippen LogP contribution in [0.3, 0.4) is 0 Å². The van der Waals surface area contributed by atoms with Crippen molar-refractivity contribution in [2.24, 2.45) is 0 Å². The number of aromatic nitrogens is 1. The summed E-state index contributed by atoms with van der Waals surface area (Å²) in [7, 11) is 0. The number of nitrogens with one attached hydrogen (secondary N) is 1. The van der Waals surface area contributed by atoms with E-state index in [-0.39, 0.29) is 11.6 Å². The van der Waals surface area contributed by atoms with Crippen LogP contribution in [-0.2, 0) is 11.2 Å². The zero-order chi connectivity index (χ0) is 14.1. The van der Waals surface area contributed by atoms with Crippen molar-refractivity contribution < 1.29 is 9.72 Å². The number of rotatable bonds is 2. The molecule has 0 atom stereocenters. The van der Waals surface area contributed by atoms with Gasteiger partial charge in [-0.3, -0.25) is 19.9 Å². The molecule has 0 bridgehead atoms. The highest BCUT2D eigenvalue weighted by molar-refractivity contribution is 5.97. The third-order valence-electron chi connectivity index (χ3n) is 3.28. The number of nitro groups is 1. The van der Waals surface area contributed by atoms with Crippen LogP contribution in [0.15, 0.2) is 36.7 Å². The van der Waals surface area contributed by atoms with E-state index in [2.05, 4.69) is 10.3 Å². The number of benzene rings is 1. The summed E-state index contributed by atoms with van der Waals surface area (Å²) in [6, 6.07) is 6.97. The molecule has 0 saturated carbocycles. The van der Waals surface area contributed by atoms with E-state index in [4.69, 9.17) is 0 Å². The number of hydrogen-bond acceptors (Lipinski definition) is 4. The highest BCUT2D eigenvalue weighted by Gasteiger charge is 2.25. The summed E-state index contributed by atoms with van der Waals surface area (Å²) < 4.78 is 0. The smallest absolute Gasteiger partial charge is 0.293 e. The average Bonchev–Trinajstić information content (AvgIpc) is 2.47. The first-order chi connectivity index (χ1) is 9.65. The third kappa shape index (κ3) is 2.11. The van der Waals surface area contributed by atoms with E-state index < -0.39 is 4.92 Å². The van der Waals surface area contributed by atoms with E-state index in [1.807, 2.05) is 12.1 Å². The minimum absolute atomic E-state index is 0.0746. The van der Waals surface area contributed by atoms with Crippen LogP contribution in [0.4, 0.5) is 11.4 Å². The summed E-state index contributed by atoms with van der Waals surface area (Å²) in [6.07, 6.45) is 4.17. The summed E-state index contributed by atoms with van der Waals surface area (Å²) in [5, 5.41) is 13.8. The van der Waals surface area contributed by atoms with Crippen LogP contribution in [0.25, 0.3) is 11.1 Å². The third-order valence-corrected chi connectivity index (χ3v) is 3.28. The number of nitro benzene ring substituents is 1. The van der Waals surface area contributed by atoms with E-state index >= 15 is 0 Å². The Morgan fingerprint density at radius 3 is 2.80 bits per heavy atom. The van der Waals surface area contributed by atoms with Gasteiger partial charge in [-0.05, 0) is 29.7 Å². The number of amides is 1. The van der Waals surface area contributed by atoms with Crippen LogP contribution < -0.4 is 5.32 Å². The first-order valence-corrected chi connectivity index (χ1v) is 6.17. The molecule has 1 amide bonds. The number of carbonyl (C=O) groups is 1. The summed E-state index contributed by atoms with van der Waals surface area (Å²) in [5.41, 5.74) is 2.58. The number of hydrogen-bond donors (Lipinski definition) is 1. The second-order valence-electron chi connectivity index (χ2n) is 4.58. The van der Waals surface area contributed by atoms with Gasteiger partial charge < -0.3 is 5.32 Å². The first kappa shape index (κ1) is 12.3. The monoisotopic (exact) mass is 269 g/mol. The average molecular weight is 269 g/mol. The van der Waals surface area contributed by atoms with Crippen LogP contribution in [0.1, 0.15) is 12.0 Å². The predicted molar refractivity (Wildman–Crippen MR) is 73.3 cm³/mol. The molecule has 6 heteroatoms. The Morgan fingerprint density at radius 2 is 2.10 bits per heavy atom. The maximum absolute atomic E-state index is 11.4.